The minimum atomic E-state index is -5.96. The summed E-state index contributed by atoms with van der Waals surface area (Å²) in [5.41, 5.74) is -4.29. The number of imide groups is 1. The Morgan fingerprint density at radius 2 is 1.63 bits per heavy atom. The summed E-state index contributed by atoms with van der Waals surface area (Å²) in [5.74, 6) is -0.397. The molecule has 0 bridgehead atoms. The zero-order valence-electron chi connectivity index (χ0n) is 18.9. The summed E-state index contributed by atoms with van der Waals surface area (Å²) in [6.45, 7) is 3.57. The fraction of sp³-hybridized carbons (Fsp3) is 0.417. The number of benzene rings is 2. The van der Waals surface area contributed by atoms with Gasteiger partial charge in [0.1, 0.15) is 6.04 Å². The predicted molar refractivity (Wildman–Crippen MR) is 115 cm³/mol. The predicted octanol–water partition coefficient (Wildman–Crippen LogP) is 5.10. The van der Waals surface area contributed by atoms with E-state index < -0.39 is 41.5 Å². The highest BCUT2D eigenvalue weighted by Crippen LogP contribution is 2.50. The van der Waals surface area contributed by atoms with Crippen LogP contribution in [-0.2, 0) is 23.2 Å². The van der Waals surface area contributed by atoms with E-state index in [0.29, 0.717) is 30.0 Å². The lowest BCUT2D eigenvalue weighted by Gasteiger charge is -2.33. The van der Waals surface area contributed by atoms with Gasteiger partial charge in [0.05, 0.1) is 0 Å². The first kappa shape index (κ1) is 26.5. The summed E-state index contributed by atoms with van der Waals surface area (Å²) >= 11 is 0. The number of hydrogen-bond donors (Lipinski definition) is 2. The molecule has 0 aromatic heterocycles. The highest BCUT2D eigenvalue weighted by molar-refractivity contribution is 6.03. The molecule has 2 aromatic carbocycles. The fourth-order valence-corrected chi connectivity index (χ4v) is 4.10. The molecule has 0 radical (unpaired) electrons. The van der Waals surface area contributed by atoms with E-state index in [-0.39, 0.29) is 18.5 Å². The number of rotatable bonds is 7. The minimum Gasteiger partial charge on any atom is -0.369 e. The topological polar surface area (TPSA) is 69.6 Å². The van der Waals surface area contributed by atoms with Gasteiger partial charge in [-0.05, 0) is 42.0 Å². The van der Waals surface area contributed by atoms with Crippen molar-refractivity contribution >= 4 is 11.9 Å². The molecule has 5 nitrogen and oxygen atoms in total. The summed E-state index contributed by atoms with van der Waals surface area (Å²) in [7, 11) is 0. The Balaban J connectivity index is 1.95. The number of carbonyl (C=O) groups excluding carboxylic acids is 2. The first-order valence-electron chi connectivity index (χ1n) is 10.9. The summed E-state index contributed by atoms with van der Waals surface area (Å²) in [4.78, 5) is 24.9. The van der Waals surface area contributed by atoms with Gasteiger partial charge in [-0.2, -0.15) is 26.3 Å². The van der Waals surface area contributed by atoms with E-state index in [1.807, 2.05) is 0 Å². The zero-order chi connectivity index (χ0) is 26.2. The fourth-order valence-electron chi connectivity index (χ4n) is 4.10. The number of alkyl halides is 6. The normalized spacial score (nSPS) is 17.2. The Bertz CT molecular complexity index is 1100. The Labute approximate surface area is 197 Å². The lowest BCUT2D eigenvalue weighted by Crippen LogP contribution is -2.53. The van der Waals surface area contributed by atoms with Gasteiger partial charge in [-0.25, -0.2) is 4.79 Å². The molecule has 2 N–H and O–H groups in total. The second-order valence-electron chi connectivity index (χ2n) is 8.44. The smallest absolute Gasteiger partial charge is 0.369 e. The Morgan fingerprint density at radius 1 is 0.971 bits per heavy atom. The second-order valence-corrected chi connectivity index (χ2v) is 8.44. The van der Waals surface area contributed by atoms with Gasteiger partial charge in [-0.15, -0.1) is 0 Å². The van der Waals surface area contributed by atoms with Gasteiger partial charge in [0.15, 0.2) is 0 Å². The van der Waals surface area contributed by atoms with Crippen molar-refractivity contribution in [2.24, 2.45) is 0 Å². The number of carbonyl (C=O) groups is 2. The Kier molecular flexibility index (Phi) is 7.21. The lowest BCUT2D eigenvalue weighted by atomic mass is 9.86. The average Bonchev–Trinajstić information content (AvgIpc) is 3.01. The molecule has 0 saturated carbocycles. The van der Waals surface area contributed by atoms with Gasteiger partial charge in [-0.3, -0.25) is 10.1 Å². The van der Waals surface area contributed by atoms with Crippen molar-refractivity contribution in [1.82, 2.24) is 10.2 Å². The van der Waals surface area contributed by atoms with E-state index in [0.717, 1.165) is 17.7 Å². The summed E-state index contributed by atoms with van der Waals surface area (Å²) in [5, 5.41) is 12.0. The van der Waals surface area contributed by atoms with Gasteiger partial charge in [0.25, 0.3) is 11.5 Å². The zero-order valence-corrected chi connectivity index (χ0v) is 18.9. The van der Waals surface area contributed by atoms with Crippen LogP contribution in [0.4, 0.5) is 31.1 Å². The molecule has 11 heteroatoms. The van der Waals surface area contributed by atoms with Gasteiger partial charge in [0.2, 0.25) is 0 Å². The molecule has 35 heavy (non-hydrogen) atoms. The lowest BCUT2D eigenvalue weighted by molar-refractivity contribution is -0.376. The van der Waals surface area contributed by atoms with Crippen LogP contribution in [0.15, 0.2) is 42.5 Å². The van der Waals surface area contributed by atoms with E-state index >= 15 is 0 Å². The van der Waals surface area contributed by atoms with Crippen LogP contribution in [0.2, 0.25) is 0 Å². The van der Waals surface area contributed by atoms with Crippen LogP contribution in [0.5, 0.6) is 0 Å². The molecule has 1 fully saturated rings. The van der Waals surface area contributed by atoms with Gasteiger partial charge in [0, 0.05) is 12.1 Å². The molecule has 3 rings (SSSR count). The Hall–Kier alpha value is -3.08. The van der Waals surface area contributed by atoms with E-state index in [4.69, 9.17) is 0 Å². The van der Waals surface area contributed by atoms with E-state index in [1.54, 1.807) is 38.1 Å². The van der Waals surface area contributed by atoms with Crippen molar-refractivity contribution in [2.45, 2.75) is 57.1 Å². The first-order valence-corrected chi connectivity index (χ1v) is 10.9. The minimum absolute atomic E-state index is 0.187. The number of nitrogens with one attached hydrogen (secondary N) is 1. The molecular weight excluding hydrogens is 478 g/mol. The van der Waals surface area contributed by atoms with Crippen LogP contribution in [0.3, 0.4) is 0 Å². The van der Waals surface area contributed by atoms with Crippen LogP contribution in [0.25, 0.3) is 11.1 Å². The maximum Gasteiger partial charge on any atom is 0.430 e. The number of halogens is 6. The maximum absolute atomic E-state index is 13.3. The summed E-state index contributed by atoms with van der Waals surface area (Å²) in [6, 6.07) is 8.30. The van der Waals surface area contributed by atoms with Crippen LogP contribution in [0.1, 0.15) is 37.0 Å². The molecule has 1 heterocycles. The van der Waals surface area contributed by atoms with Crippen molar-refractivity contribution in [3.63, 3.8) is 0 Å². The molecule has 190 valence electrons. The maximum atomic E-state index is 13.3. The summed E-state index contributed by atoms with van der Waals surface area (Å²) < 4.78 is 80.1. The quantitative estimate of drug-likeness (QED) is 0.409. The highest BCUT2D eigenvalue weighted by atomic mass is 19.4. The van der Waals surface area contributed by atoms with Gasteiger partial charge >= 0.3 is 18.4 Å². The third kappa shape index (κ3) is 5.00. The molecule has 0 aliphatic carbocycles. The largest absolute Gasteiger partial charge is 0.430 e. The molecule has 1 unspecified atom stereocenters. The van der Waals surface area contributed by atoms with E-state index in [1.165, 1.54) is 4.90 Å². The number of nitrogens with zero attached hydrogens (tertiary/aromatic N) is 1. The van der Waals surface area contributed by atoms with Crippen molar-refractivity contribution in [3.05, 3.63) is 59.2 Å². The summed E-state index contributed by atoms with van der Waals surface area (Å²) in [6.07, 6.45) is -10.9. The third-order valence-electron chi connectivity index (χ3n) is 6.08. The third-order valence-corrected chi connectivity index (χ3v) is 6.08. The number of urea groups is 1. The molecule has 3 amide bonds. The van der Waals surface area contributed by atoms with Crippen LogP contribution in [0, 0.1) is 0 Å². The number of aryl methyl sites for hydroxylation is 1. The molecule has 1 aliphatic heterocycles. The van der Waals surface area contributed by atoms with Gasteiger partial charge in [-0.1, -0.05) is 55.8 Å². The average molecular weight is 502 g/mol. The van der Waals surface area contributed by atoms with Crippen LogP contribution < -0.4 is 5.32 Å². The molecular formula is C24H24F6N2O3. The van der Waals surface area contributed by atoms with Crippen LogP contribution in [-0.4, -0.2) is 46.9 Å². The Morgan fingerprint density at radius 3 is 2.17 bits per heavy atom. The van der Waals surface area contributed by atoms with Crippen LogP contribution >= 0.6 is 0 Å². The standard InChI is InChI=1S/C24H24F6N2O3/c1-3-5-16-13-18(22(35,23(25,26)27)24(28,29)30)8-9-19(16)17-7-4-6-15(12-17)10-11-32-14(2)20(33)31-21(32)34/h4,6-9,12-14,35H,3,5,10-11H2,1-2H3,(H,31,33,34). The second kappa shape index (κ2) is 9.52. The molecule has 2 aromatic rings. The number of amides is 3. The van der Waals surface area contributed by atoms with E-state index in [9.17, 15) is 41.0 Å². The first-order chi connectivity index (χ1) is 16.2. The highest BCUT2D eigenvalue weighted by Gasteiger charge is 2.71. The molecule has 1 atom stereocenters. The monoisotopic (exact) mass is 502 g/mol. The van der Waals surface area contributed by atoms with E-state index in [2.05, 4.69) is 5.32 Å². The number of hydrogen-bond acceptors (Lipinski definition) is 3. The molecule has 0 spiro atoms. The van der Waals surface area contributed by atoms with Crippen molar-refractivity contribution < 1.29 is 41.0 Å². The van der Waals surface area contributed by atoms with Crippen molar-refractivity contribution in [3.8, 4) is 11.1 Å². The van der Waals surface area contributed by atoms with Crippen molar-refractivity contribution in [2.75, 3.05) is 6.54 Å². The van der Waals surface area contributed by atoms with Crippen molar-refractivity contribution in [1.29, 1.82) is 0 Å². The SMILES string of the molecule is CCCc1cc(C(O)(C(F)(F)F)C(F)(F)F)ccc1-c1cccc(CCN2C(=O)NC(=O)C2C)c1. The van der Waals surface area contributed by atoms with Gasteiger partial charge < -0.3 is 10.0 Å². The molecule has 1 saturated heterocycles. The molecule has 1 aliphatic rings. The number of aliphatic hydroxyl groups is 1.